The number of hydrogen-bond acceptors (Lipinski definition) is 4. The molecule has 0 aliphatic carbocycles. The van der Waals surface area contributed by atoms with Crippen LogP contribution >= 0.6 is 11.3 Å². The van der Waals surface area contributed by atoms with Gasteiger partial charge in [-0.3, -0.25) is 14.2 Å². The fraction of sp³-hybridized carbons (Fsp3) is 0.316. The molecule has 0 saturated carbocycles. The van der Waals surface area contributed by atoms with Crippen molar-refractivity contribution in [2.45, 2.75) is 39.7 Å². The van der Waals surface area contributed by atoms with E-state index in [0.717, 1.165) is 20.8 Å². The Morgan fingerprint density at radius 2 is 1.96 bits per heavy atom. The van der Waals surface area contributed by atoms with E-state index in [1.165, 1.54) is 11.3 Å². The summed E-state index contributed by atoms with van der Waals surface area (Å²) in [5.41, 5.74) is 7.12. The molecule has 3 aromatic rings. The highest BCUT2D eigenvalue weighted by Crippen LogP contribution is 2.36. The molecule has 0 aliphatic rings. The lowest BCUT2D eigenvalue weighted by Gasteiger charge is -2.14. The van der Waals surface area contributed by atoms with Crippen LogP contribution in [0.4, 0.5) is 0 Å². The van der Waals surface area contributed by atoms with Crippen molar-refractivity contribution in [1.82, 2.24) is 9.55 Å². The van der Waals surface area contributed by atoms with Gasteiger partial charge in [0, 0.05) is 29.3 Å². The molecule has 25 heavy (non-hydrogen) atoms. The minimum Gasteiger partial charge on any atom is -0.370 e. The lowest BCUT2D eigenvalue weighted by molar-refractivity contribution is -0.118. The van der Waals surface area contributed by atoms with Gasteiger partial charge in [-0.2, -0.15) is 0 Å². The summed E-state index contributed by atoms with van der Waals surface area (Å²) in [5.74, 6) is 0.346. The molecule has 6 heteroatoms. The zero-order valence-electron chi connectivity index (χ0n) is 14.6. The number of thiophene rings is 1. The zero-order valence-corrected chi connectivity index (χ0v) is 15.4. The number of aromatic nitrogens is 2. The van der Waals surface area contributed by atoms with Crippen LogP contribution < -0.4 is 11.3 Å². The number of aryl methyl sites for hydroxylation is 1. The van der Waals surface area contributed by atoms with Crippen molar-refractivity contribution < 1.29 is 4.79 Å². The number of amides is 1. The van der Waals surface area contributed by atoms with E-state index in [4.69, 9.17) is 10.7 Å². The Bertz CT molecular complexity index is 987. The minimum atomic E-state index is -0.425. The molecule has 2 aromatic heterocycles. The van der Waals surface area contributed by atoms with Crippen molar-refractivity contribution >= 4 is 27.5 Å². The number of carbonyl (C=O) groups is 1. The molecule has 0 aliphatic heterocycles. The van der Waals surface area contributed by atoms with E-state index in [1.807, 2.05) is 51.1 Å². The Balaban J connectivity index is 2.31. The normalized spacial score (nSPS) is 11.4. The molecular formula is C19H21N3O2S. The third-order valence-electron chi connectivity index (χ3n) is 4.18. The first-order valence-electron chi connectivity index (χ1n) is 8.27. The van der Waals surface area contributed by atoms with Crippen LogP contribution in [-0.4, -0.2) is 15.5 Å². The van der Waals surface area contributed by atoms with Gasteiger partial charge in [-0.05, 0) is 12.5 Å². The first-order valence-corrected chi connectivity index (χ1v) is 9.09. The molecule has 3 rings (SSSR count). The third kappa shape index (κ3) is 3.22. The van der Waals surface area contributed by atoms with Gasteiger partial charge >= 0.3 is 0 Å². The highest BCUT2D eigenvalue weighted by molar-refractivity contribution is 7.19. The van der Waals surface area contributed by atoms with Crippen LogP contribution in [0.1, 0.15) is 36.9 Å². The predicted molar refractivity (Wildman–Crippen MR) is 102 cm³/mol. The highest BCUT2D eigenvalue weighted by atomic mass is 32.1. The smallest absolute Gasteiger partial charge is 0.262 e. The largest absolute Gasteiger partial charge is 0.370 e. The number of primary amides is 1. The second kappa shape index (κ2) is 6.80. The van der Waals surface area contributed by atoms with Crippen LogP contribution in [0.3, 0.4) is 0 Å². The average Bonchev–Trinajstić information content (AvgIpc) is 2.90. The van der Waals surface area contributed by atoms with Crippen molar-refractivity contribution in [2.75, 3.05) is 0 Å². The number of rotatable bonds is 5. The first-order chi connectivity index (χ1) is 11.9. The van der Waals surface area contributed by atoms with Crippen LogP contribution in [0.2, 0.25) is 0 Å². The SMILES string of the molecule is Cc1sc2nc(C(C)C)n(CCC(N)=O)c(=O)c2c1-c1ccccc1. The molecule has 0 radical (unpaired) electrons. The highest BCUT2D eigenvalue weighted by Gasteiger charge is 2.20. The lowest BCUT2D eigenvalue weighted by Crippen LogP contribution is -2.28. The number of nitrogens with zero attached hydrogens (tertiary/aromatic N) is 2. The van der Waals surface area contributed by atoms with E-state index in [9.17, 15) is 9.59 Å². The fourth-order valence-corrected chi connectivity index (χ4v) is 4.08. The number of nitrogens with two attached hydrogens (primary N) is 1. The van der Waals surface area contributed by atoms with Gasteiger partial charge in [-0.15, -0.1) is 11.3 Å². The van der Waals surface area contributed by atoms with E-state index < -0.39 is 5.91 Å². The number of carbonyl (C=O) groups excluding carboxylic acids is 1. The number of fused-ring (bicyclic) bond motifs is 1. The summed E-state index contributed by atoms with van der Waals surface area (Å²) in [6.07, 6.45) is 0.122. The Hall–Kier alpha value is -2.47. The van der Waals surface area contributed by atoms with Gasteiger partial charge in [0.15, 0.2) is 0 Å². The lowest BCUT2D eigenvalue weighted by atomic mass is 10.0. The van der Waals surface area contributed by atoms with Gasteiger partial charge in [0.05, 0.1) is 5.39 Å². The van der Waals surface area contributed by atoms with Crippen LogP contribution in [0.25, 0.3) is 21.3 Å². The molecule has 0 atom stereocenters. The number of benzene rings is 1. The maximum atomic E-state index is 13.3. The summed E-state index contributed by atoms with van der Waals surface area (Å²) in [4.78, 5) is 31.0. The standard InChI is InChI=1S/C19H21N3O2S/c1-11(2)17-21-18-16(19(24)22(17)10-9-14(20)23)15(12(3)25-18)13-7-5-4-6-8-13/h4-8,11H,9-10H2,1-3H3,(H2,20,23). The molecule has 0 spiro atoms. The van der Waals surface area contributed by atoms with Crippen LogP contribution in [-0.2, 0) is 11.3 Å². The average molecular weight is 355 g/mol. The van der Waals surface area contributed by atoms with E-state index in [2.05, 4.69) is 0 Å². The Morgan fingerprint density at radius 1 is 1.28 bits per heavy atom. The molecule has 2 heterocycles. The fourth-order valence-electron chi connectivity index (χ4n) is 3.04. The summed E-state index contributed by atoms with van der Waals surface area (Å²) >= 11 is 1.54. The minimum absolute atomic E-state index is 0.0764. The first kappa shape index (κ1) is 17.4. The van der Waals surface area contributed by atoms with E-state index in [0.29, 0.717) is 11.2 Å². The Labute approximate surface area is 150 Å². The monoisotopic (exact) mass is 355 g/mol. The third-order valence-corrected chi connectivity index (χ3v) is 5.18. The van der Waals surface area contributed by atoms with Crippen molar-refractivity contribution in [3.8, 4) is 11.1 Å². The van der Waals surface area contributed by atoms with Crippen molar-refractivity contribution in [3.05, 3.63) is 51.4 Å². The molecule has 1 amide bonds. The van der Waals surface area contributed by atoms with Gasteiger partial charge in [-0.25, -0.2) is 4.98 Å². The van der Waals surface area contributed by atoms with Gasteiger partial charge in [0.1, 0.15) is 10.7 Å². The second-order valence-electron chi connectivity index (χ2n) is 6.38. The molecule has 1 aromatic carbocycles. The van der Waals surface area contributed by atoms with E-state index >= 15 is 0 Å². The van der Waals surface area contributed by atoms with E-state index in [-0.39, 0.29) is 24.4 Å². The molecular weight excluding hydrogens is 334 g/mol. The molecule has 0 saturated heterocycles. The molecule has 0 unspecified atom stereocenters. The maximum Gasteiger partial charge on any atom is 0.262 e. The van der Waals surface area contributed by atoms with Gasteiger partial charge in [-0.1, -0.05) is 44.2 Å². The molecule has 5 nitrogen and oxygen atoms in total. The van der Waals surface area contributed by atoms with Gasteiger partial charge in [0.2, 0.25) is 5.91 Å². The topological polar surface area (TPSA) is 78.0 Å². The van der Waals surface area contributed by atoms with Crippen molar-refractivity contribution in [1.29, 1.82) is 0 Å². The van der Waals surface area contributed by atoms with E-state index in [1.54, 1.807) is 4.57 Å². The molecule has 130 valence electrons. The van der Waals surface area contributed by atoms with Gasteiger partial charge < -0.3 is 5.73 Å². The maximum absolute atomic E-state index is 13.3. The van der Waals surface area contributed by atoms with Crippen molar-refractivity contribution in [2.24, 2.45) is 5.73 Å². The summed E-state index contributed by atoms with van der Waals surface area (Å²) in [6, 6.07) is 9.86. The molecule has 0 bridgehead atoms. The Kier molecular flexibility index (Phi) is 4.72. The summed E-state index contributed by atoms with van der Waals surface area (Å²) < 4.78 is 1.61. The van der Waals surface area contributed by atoms with Crippen LogP contribution in [0.5, 0.6) is 0 Å². The van der Waals surface area contributed by atoms with Crippen LogP contribution in [0, 0.1) is 6.92 Å². The molecule has 0 fully saturated rings. The summed E-state index contributed by atoms with van der Waals surface area (Å²) in [5, 5.41) is 0.627. The van der Waals surface area contributed by atoms with Crippen molar-refractivity contribution in [3.63, 3.8) is 0 Å². The summed E-state index contributed by atoms with van der Waals surface area (Å²) in [6.45, 7) is 6.25. The Morgan fingerprint density at radius 3 is 2.56 bits per heavy atom. The second-order valence-corrected chi connectivity index (χ2v) is 7.58. The van der Waals surface area contributed by atoms with Gasteiger partial charge in [0.25, 0.3) is 5.56 Å². The zero-order chi connectivity index (χ0) is 18.1. The predicted octanol–water partition coefficient (Wildman–Crippen LogP) is 3.43. The number of hydrogen-bond donors (Lipinski definition) is 1. The quantitative estimate of drug-likeness (QED) is 0.761. The summed E-state index contributed by atoms with van der Waals surface area (Å²) in [7, 11) is 0. The molecule has 2 N–H and O–H groups in total. The van der Waals surface area contributed by atoms with Crippen LogP contribution in [0.15, 0.2) is 35.1 Å².